The molecule has 0 aliphatic heterocycles. The Hall–Kier alpha value is -2.31. The van der Waals surface area contributed by atoms with Gasteiger partial charge in [-0.05, 0) is 46.5 Å². The minimum absolute atomic E-state index is 0.105. The van der Waals surface area contributed by atoms with Gasteiger partial charge in [0.1, 0.15) is 6.10 Å². The van der Waals surface area contributed by atoms with Crippen LogP contribution in [0.3, 0.4) is 0 Å². The Balaban J connectivity index is 1.85. The van der Waals surface area contributed by atoms with Gasteiger partial charge in [0.2, 0.25) is 0 Å². The molecule has 4 nitrogen and oxygen atoms in total. The van der Waals surface area contributed by atoms with Gasteiger partial charge in [0, 0.05) is 18.0 Å². The fraction of sp³-hybridized carbons (Fsp3) is 0.370. The van der Waals surface area contributed by atoms with Gasteiger partial charge in [-0.1, -0.05) is 75.4 Å². The van der Waals surface area contributed by atoms with Crippen LogP contribution >= 0.6 is 0 Å². The van der Waals surface area contributed by atoms with Gasteiger partial charge in [-0.15, -0.1) is 0 Å². The fourth-order valence-corrected chi connectivity index (χ4v) is 4.23. The normalized spacial score (nSPS) is 13.2. The zero-order valence-corrected chi connectivity index (χ0v) is 20.8. The van der Waals surface area contributed by atoms with Crippen molar-refractivity contribution in [3.8, 4) is 11.1 Å². The predicted molar refractivity (Wildman–Crippen MR) is 133 cm³/mol. The molecule has 0 spiro atoms. The summed E-state index contributed by atoms with van der Waals surface area (Å²) in [6.45, 7) is 12.3. The highest BCUT2D eigenvalue weighted by atomic mass is 28.4. The second kappa shape index (κ2) is 10.5. The Morgan fingerprint density at radius 3 is 2.34 bits per heavy atom. The molecule has 3 aromatic rings. The first-order valence-corrected chi connectivity index (χ1v) is 14.1. The monoisotopic (exact) mass is 449 g/mol. The summed E-state index contributed by atoms with van der Waals surface area (Å²) in [5, 5.41) is 11.2. The number of aromatic nitrogens is 1. The lowest BCUT2D eigenvalue weighted by atomic mass is 9.94. The number of hydrogen-bond donors (Lipinski definition) is 1. The van der Waals surface area contributed by atoms with Gasteiger partial charge >= 0.3 is 0 Å². The number of aliphatic hydroxyl groups excluding tert-OH is 1. The third kappa shape index (κ3) is 6.14. The topological polar surface area (TPSA) is 51.6 Å². The molecule has 0 bridgehead atoms. The summed E-state index contributed by atoms with van der Waals surface area (Å²) in [5.74, 6) is 0. The van der Waals surface area contributed by atoms with Crippen molar-refractivity contribution < 1.29 is 14.3 Å². The number of ether oxygens (including phenoxy) is 1. The minimum atomic E-state index is -1.97. The molecule has 1 aromatic heterocycles. The third-order valence-electron chi connectivity index (χ3n) is 6.31. The Kier molecular flexibility index (Phi) is 8.01. The highest BCUT2D eigenvalue weighted by Gasteiger charge is 2.37. The molecule has 1 unspecified atom stereocenters. The molecule has 1 heterocycles. The first-order chi connectivity index (χ1) is 15.2. The summed E-state index contributed by atoms with van der Waals surface area (Å²) in [6.07, 6.45) is 2.88. The minimum Gasteiger partial charge on any atom is -0.413 e. The quantitative estimate of drug-likeness (QED) is 0.378. The van der Waals surface area contributed by atoms with Crippen molar-refractivity contribution in [2.75, 3.05) is 6.61 Å². The van der Waals surface area contributed by atoms with Crippen molar-refractivity contribution in [1.82, 2.24) is 4.98 Å². The molecule has 0 saturated carbocycles. The molecule has 1 N–H and O–H groups in total. The Morgan fingerprint density at radius 1 is 0.938 bits per heavy atom. The second-order valence-corrected chi connectivity index (χ2v) is 14.5. The first kappa shape index (κ1) is 24.3. The van der Waals surface area contributed by atoms with Crippen molar-refractivity contribution in [2.45, 2.75) is 58.2 Å². The van der Waals surface area contributed by atoms with E-state index in [0.29, 0.717) is 13.2 Å². The Bertz CT molecular complexity index is 985. The summed E-state index contributed by atoms with van der Waals surface area (Å²) >= 11 is 0. The Morgan fingerprint density at radius 2 is 1.69 bits per heavy atom. The fourth-order valence-electron chi connectivity index (χ4n) is 3.29. The summed E-state index contributed by atoms with van der Waals surface area (Å²) in [5.41, 5.74) is 4.99. The van der Waals surface area contributed by atoms with Crippen LogP contribution < -0.4 is 0 Å². The predicted octanol–water partition coefficient (Wildman–Crippen LogP) is 6.52. The molecule has 1 atom stereocenters. The van der Waals surface area contributed by atoms with Crippen molar-refractivity contribution in [1.29, 1.82) is 0 Å². The van der Waals surface area contributed by atoms with Crippen molar-refractivity contribution in [3.63, 3.8) is 0 Å². The van der Waals surface area contributed by atoms with E-state index in [-0.39, 0.29) is 11.6 Å². The molecular weight excluding hydrogens is 414 g/mol. The van der Waals surface area contributed by atoms with E-state index in [2.05, 4.69) is 44.9 Å². The lowest BCUT2D eigenvalue weighted by Crippen LogP contribution is -2.40. The lowest BCUT2D eigenvalue weighted by molar-refractivity contribution is 0.0269. The molecule has 0 aliphatic carbocycles. The number of pyridine rings is 1. The van der Waals surface area contributed by atoms with E-state index >= 15 is 0 Å². The maximum Gasteiger partial charge on any atom is 0.192 e. The zero-order chi connectivity index (χ0) is 23.2. The van der Waals surface area contributed by atoms with Crippen molar-refractivity contribution in [3.05, 3.63) is 89.7 Å². The summed E-state index contributed by atoms with van der Waals surface area (Å²) in [6, 6.07) is 20.0. The van der Waals surface area contributed by atoms with E-state index < -0.39 is 14.4 Å². The molecule has 0 amide bonds. The molecule has 0 aliphatic rings. The summed E-state index contributed by atoms with van der Waals surface area (Å²) in [7, 11) is -1.97. The van der Waals surface area contributed by atoms with E-state index in [0.717, 1.165) is 27.8 Å². The van der Waals surface area contributed by atoms with Crippen LogP contribution in [0, 0.1) is 0 Å². The van der Waals surface area contributed by atoms with Gasteiger partial charge in [0.15, 0.2) is 8.32 Å². The summed E-state index contributed by atoms with van der Waals surface area (Å²) in [4.78, 5) is 4.29. The average molecular weight is 450 g/mol. The SMILES string of the molecule is CC(C)(C)[Si](C)(C)OCc1c(-c2cccnc2)cccc1C(O)COCc1ccccc1. The van der Waals surface area contributed by atoms with Gasteiger partial charge in [-0.25, -0.2) is 0 Å². The average Bonchev–Trinajstić information content (AvgIpc) is 2.78. The van der Waals surface area contributed by atoms with Gasteiger partial charge < -0.3 is 14.3 Å². The van der Waals surface area contributed by atoms with Crippen LogP contribution in [0.15, 0.2) is 73.1 Å². The van der Waals surface area contributed by atoms with Crippen LogP contribution in [0.1, 0.15) is 43.6 Å². The van der Waals surface area contributed by atoms with E-state index in [1.165, 1.54) is 0 Å². The second-order valence-electron chi connectivity index (χ2n) is 9.68. The number of rotatable bonds is 9. The molecule has 0 saturated heterocycles. The maximum absolute atomic E-state index is 11.1. The van der Waals surface area contributed by atoms with Crippen LogP contribution in [0.2, 0.25) is 18.1 Å². The zero-order valence-electron chi connectivity index (χ0n) is 19.8. The highest BCUT2D eigenvalue weighted by molar-refractivity contribution is 6.74. The molecule has 0 fully saturated rings. The van der Waals surface area contributed by atoms with Gasteiger partial charge in [0.05, 0.1) is 19.8 Å². The van der Waals surface area contributed by atoms with E-state index in [4.69, 9.17) is 9.16 Å². The third-order valence-corrected chi connectivity index (χ3v) is 10.8. The Labute approximate surface area is 193 Å². The van der Waals surface area contributed by atoms with Crippen molar-refractivity contribution in [2.24, 2.45) is 0 Å². The molecule has 32 heavy (non-hydrogen) atoms. The number of nitrogens with zero attached hydrogens (tertiary/aromatic N) is 1. The van der Waals surface area contributed by atoms with Crippen LogP contribution in [0.5, 0.6) is 0 Å². The lowest BCUT2D eigenvalue weighted by Gasteiger charge is -2.36. The van der Waals surface area contributed by atoms with E-state index in [9.17, 15) is 5.11 Å². The van der Waals surface area contributed by atoms with Crippen molar-refractivity contribution >= 4 is 8.32 Å². The number of benzene rings is 2. The standard InChI is InChI=1S/C27H35NO3Si/c1-27(2,3)32(4,5)31-19-25-23(22-13-10-16-28-17-22)14-9-15-24(25)26(29)20-30-18-21-11-7-6-8-12-21/h6-17,26,29H,18-20H2,1-5H3. The highest BCUT2D eigenvalue weighted by Crippen LogP contribution is 2.38. The molecule has 170 valence electrons. The molecule has 5 heteroatoms. The smallest absolute Gasteiger partial charge is 0.192 e. The summed E-state index contributed by atoms with van der Waals surface area (Å²) < 4.78 is 12.4. The van der Waals surface area contributed by atoms with Gasteiger partial charge in [0.25, 0.3) is 0 Å². The van der Waals surface area contributed by atoms with Gasteiger partial charge in [-0.2, -0.15) is 0 Å². The van der Waals surface area contributed by atoms with Crippen LogP contribution in [0.25, 0.3) is 11.1 Å². The van der Waals surface area contributed by atoms with E-state index in [1.54, 1.807) is 6.20 Å². The van der Waals surface area contributed by atoms with Gasteiger partial charge in [-0.3, -0.25) is 4.98 Å². The number of aliphatic hydroxyl groups is 1. The van der Waals surface area contributed by atoms with Crippen LogP contribution in [-0.2, 0) is 22.4 Å². The molecule has 2 aromatic carbocycles. The maximum atomic E-state index is 11.1. The van der Waals surface area contributed by atoms with E-state index in [1.807, 2.05) is 60.8 Å². The molecule has 0 radical (unpaired) electrons. The molecular formula is C27H35NO3Si. The first-order valence-electron chi connectivity index (χ1n) is 11.1. The molecule has 3 rings (SSSR count). The number of hydrogen-bond acceptors (Lipinski definition) is 4. The van der Waals surface area contributed by atoms with Crippen LogP contribution in [-0.4, -0.2) is 25.0 Å². The van der Waals surface area contributed by atoms with Crippen LogP contribution in [0.4, 0.5) is 0 Å². The largest absolute Gasteiger partial charge is 0.413 e.